The topological polar surface area (TPSA) is 46.0 Å². The summed E-state index contributed by atoms with van der Waals surface area (Å²) in [6.07, 6.45) is 11.8. The zero-order valence-electron chi connectivity index (χ0n) is 11.6. The Labute approximate surface area is 119 Å². The van der Waals surface area contributed by atoms with Crippen LogP contribution in [0.3, 0.4) is 0 Å². The van der Waals surface area contributed by atoms with Crippen molar-refractivity contribution in [2.45, 2.75) is 58.3 Å². The Bertz CT molecular complexity index is 558. The number of aromatic amines is 1. The predicted octanol–water partition coefficient (Wildman–Crippen LogP) is 4.08. The maximum atomic E-state index is 5.30. The zero-order valence-corrected chi connectivity index (χ0v) is 12.4. The molecule has 1 N–H and O–H groups in total. The fourth-order valence-electron chi connectivity index (χ4n) is 2.26. The number of aromatic nitrogens is 4. The van der Waals surface area contributed by atoms with E-state index in [1.807, 2.05) is 6.07 Å². The van der Waals surface area contributed by atoms with E-state index in [1.54, 1.807) is 10.8 Å². The molecule has 19 heavy (non-hydrogen) atoms. The van der Waals surface area contributed by atoms with Gasteiger partial charge in [-0.2, -0.15) is 0 Å². The maximum Gasteiger partial charge on any atom is 0.251 e. The van der Waals surface area contributed by atoms with Gasteiger partial charge in [0.2, 0.25) is 0 Å². The molecule has 5 heteroatoms. The number of hydrogen-bond acceptors (Lipinski definition) is 3. The summed E-state index contributed by atoms with van der Waals surface area (Å²) < 4.78 is 2.48. The molecule has 104 valence electrons. The average Bonchev–Trinajstić information content (AvgIpc) is 2.86. The standard InChI is InChI=1S/C14H22N4S/c1-2-3-4-5-6-7-8-9-12-10-13(19)18-14(17-12)15-11-16-18/h10-11H,2-9H2,1H3,(H,15,16,17). The smallest absolute Gasteiger partial charge is 0.251 e. The van der Waals surface area contributed by atoms with E-state index in [9.17, 15) is 0 Å². The van der Waals surface area contributed by atoms with Crippen LogP contribution in [-0.2, 0) is 6.42 Å². The van der Waals surface area contributed by atoms with Crippen LogP contribution in [0, 0.1) is 4.64 Å². The molecule has 0 fully saturated rings. The molecular weight excluding hydrogens is 256 g/mol. The van der Waals surface area contributed by atoms with Gasteiger partial charge in [-0.05, 0) is 18.9 Å². The van der Waals surface area contributed by atoms with Crippen LogP contribution in [0.4, 0.5) is 0 Å². The molecule has 0 aromatic carbocycles. The van der Waals surface area contributed by atoms with Gasteiger partial charge >= 0.3 is 0 Å². The quantitative estimate of drug-likeness (QED) is 0.584. The first kappa shape index (κ1) is 14.2. The molecule has 2 rings (SSSR count). The van der Waals surface area contributed by atoms with Gasteiger partial charge < -0.3 is 0 Å². The summed E-state index contributed by atoms with van der Waals surface area (Å²) in [5.74, 6) is 0.672. The fourth-order valence-corrected chi connectivity index (χ4v) is 2.53. The van der Waals surface area contributed by atoms with E-state index < -0.39 is 0 Å². The van der Waals surface area contributed by atoms with Crippen molar-refractivity contribution in [2.75, 3.05) is 0 Å². The zero-order chi connectivity index (χ0) is 13.5. The first-order valence-corrected chi connectivity index (χ1v) is 7.64. The van der Waals surface area contributed by atoms with Gasteiger partial charge in [-0.25, -0.2) is 14.5 Å². The van der Waals surface area contributed by atoms with Gasteiger partial charge in [0.25, 0.3) is 5.78 Å². The third kappa shape index (κ3) is 4.13. The van der Waals surface area contributed by atoms with Crippen LogP contribution >= 0.6 is 12.2 Å². The van der Waals surface area contributed by atoms with Crippen molar-refractivity contribution in [3.8, 4) is 0 Å². The molecule has 0 amide bonds. The summed E-state index contributed by atoms with van der Waals surface area (Å²) >= 11 is 5.30. The molecule has 2 aromatic heterocycles. The first-order chi connectivity index (χ1) is 9.31. The third-order valence-electron chi connectivity index (χ3n) is 3.36. The minimum Gasteiger partial charge on any atom is -0.280 e. The third-order valence-corrected chi connectivity index (χ3v) is 3.66. The Balaban J connectivity index is 1.77. The van der Waals surface area contributed by atoms with Crippen LogP contribution < -0.4 is 0 Å². The highest BCUT2D eigenvalue weighted by atomic mass is 32.1. The Hall–Kier alpha value is -1.23. The monoisotopic (exact) mass is 278 g/mol. The number of H-pyrrole nitrogens is 1. The van der Waals surface area contributed by atoms with Gasteiger partial charge in [-0.3, -0.25) is 5.10 Å². The average molecular weight is 278 g/mol. The van der Waals surface area contributed by atoms with Gasteiger partial charge in [-0.1, -0.05) is 57.7 Å². The van der Waals surface area contributed by atoms with E-state index in [2.05, 4.69) is 22.0 Å². The highest BCUT2D eigenvalue weighted by molar-refractivity contribution is 7.71. The van der Waals surface area contributed by atoms with Crippen LogP contribution in [0.5, 0.6) is 0 Å². The molecule has 0 spiro atoms. The molecule has 0 bridgehead atoms. The number of fused-ring (bicyclic) bond motifs is 1. The van der Waals surface area contributed by atoms with Crippen molar-refractivity contribution in [1.29, 1.82) is 0 Å². The van der Waals surface area contributed by atoms with E-state index in [0.29, 0.717) is 5.78 Å². The summed E-state index contributed by atoms with van der Waals surface area (Å²) in [5.41, 5.74) is 1.06. The van der Waals surface area contributed by atoms with Gasteiger partial charge in [0.05, 0.1) is 0 Å². The number of nitrogens with one attached hydrogen (secondary N) is 1. The first-order valence-electron chi connectivity index (χ1n) is 7.23. The Kier molecular flexibility index (Phi) is 5.51. The second-order valence-corrected chi connectivity index (χ2v) is 5.40. The van der Waals surface area contributed by atoms with E-state index >= 15 is 0 Å². The summed E-state index contributed by atoms with van der Waals surface area (Å²) in [7, 11) is 0. The second-order valence-electron chi connectivity index (χ2n) is 4.98. The molecular formula is C14H22N4S. The van der Waals surface area contributed by atoms with Crippen LogP contribution in [0.15, 0.2) is 12.4 Å². The molecule has 0 aliphatic carbocycles. The number of nitrogens with zero attached hydrogens (tertiary/aromatic N) is 3. The second kappa shape index (κ2) is 7.38. The van der Waals surface area contributed by atoms with Gasteiger partial charge in [-0.15, -0.1) is 0 Å². The fraction of sp³-hybridized carbons (Fsp3) is 0.643. The Morgan fingerprint density at radius 2 is 1.89 bits per heavy atom. The molecule has 2 aromatic rings. The Morgan fingerprint density at radius 1 is 1.16 bits per heavy atom. The van der Waals surface area contributed by atoms with Crippen LogP contribution in [0.2, 0.25) is 0 Å². The molecule has 0 unspecified atom stereocenters. The Morgan fingerprint density at radius 3 is 2.68 bits per heavy atom. The van der Waals surface area contributed by atoms with Crippen molar-refractivity contribution < 1.29 is 0 Å². The molecule has 4 nitrogen and oxygen atoms in total. The predicted molar refractivity (Wildman–Crippen MR) is 79.9 cm³/mol. The number of rotatable bonds is 8. The maximum absolute atomic E-state index is 5.30. The summed E-state index contributed by atoms with van der Waals surface area (Å²) in [4.78, 5) is 8.65. The SMILES string of the molecule is CCCCCCCCCc1cc(=S)n2[nH]cnc2n1. The van der Waals surface area contributed by atoms with E-state index in [-0.39, 0.29) is 0 Å². The van der Waals surface area contributed by atoms with E-state index in [0.717, 1.165) is 16.8 Å². The molecule has 0 saturated heterocycles. The molecule has 0 atom stereocenters. The summed E-state index contributed by atoms with van der Waals surface area (Å²) in [6, 6.07) is 1.97. The van der Waals surface area contributed by atoms with Gasteiger partial charge in [0.15, 0.2) is 0 Å². The molecule has 0 saturated carbocycles. The summed E-state index contributed by atoms with van der Waals surface area (Å²) in [6.45, 7) is 2.25. The van der Waals surface area contributed by atoms with Crippen molar-refractivity contribution in [2.24, 2.45) is 0 Å². The lowest BCUT2D eigenvalue weighted by atomic mass is 10.1. The molecule has 0 radical (unpaired) electrons. The van der Waals surface area contributed by atoms with Crippen molar-refractivity contribution >= 4 is 18.0 Å². The van der Waals surface area contributed by atoms with Crippen LogP contribution in [0.1, 0.15) is 57.6 Å². The number of hydrogen-bond donors (Lipinski definition) is 1. The highest BCUT2D eigenvalue weighted by Gasteiger charge is 2.01. The lowest BCUT2D eigenvalue weighted by Gasteiger charge is -2.02. The van der Waals surface area contributed by atoms with Crippen LogP contribution in [0.25, 0.3) is 5.78 Å². The highest BCUT2D eigenvalue weighted by Crippen LogP contribution is 2.10. The molecule has 0 aliphatic rings. The lowest BCUT2D eigenvalue weighted by molar-refractivity contribution is 0.587. The van der Waals surface area contributed by atoms with Crippen molar-refractivity contribution in [1.82, 2.24) is 19.6 Å². The van der Waals surface area contributed by atoms with Crippen LogP contribution in [-0.4, -0.2) is 19.6 Å². The van der Waals surface area contributed by atoms with Crippen molar-refractivity contribution in [3.05, 3.63) is 22.7 Å². The van der Waals surface area contributed by atoms with Gasteiger partial charge in [0, 0.05) is 5.69 Å². The number of aryl methyl sites for hydroxylation is 1. The number of unbranched alkanes of at least 4 members (excludes halogenated alkanes) is 6. The molecule has 0 aliphatic heterocycles. The van der Waals surface area contributed by atoms with E-state index in [4.69, 9.17) is 12.2 Å². The lowest BCUT2D eigenvalue weighted by Crippen LogP contribution is -1.98. The summed E-state index contributed by atoms with van der Waals surface area (Å²) in [5, 5.41) is 2.95. The molecule has 2 heterocycles. The minimum atomic E-state index is 0.672. The van der Waals surface area contributed by atoms with Gasteiger partial charge in [0.1, 0.15) is 11.0 Å². The largest absolute Gasteiger partial charge is 0.280 e. The normalized spacial score (nSPS) is 11.2. The van der Waals surface area contributed by atoms with E-state index in [1.165, 1.54) is 44.9 Å². The minimum absolute atomic E-state index is 0.672. The van der Waals surface area contributed by atoms with Crippen molar-refractivity contribution in [3.63, 3.8) is 0 Å².